The maximum absolute atomic E-state index is 5.55. The number of aromatic nitrogens is 3. The van der Waals surface area contributed by atoms with Gasteiger partial charge in [0.25, 0.3) is 0 Å². The zero-order valence-corrected chi connectivity index (χ0v) is 25.5. The van der Waals surface area contributed by atoms with E-state index in [1.165, 1.54) is 66.4 Å². The number of hydrogen-bond acceptors (Lipinski definition) is 2. The minimum absolute atomic E-state index is 0.769. The van der Waals surface area contributed by atoms with E-state index in [0.29, 0.717) is 0 Å². The summed E-state index contributed by atoms with van der Waals surface area (Å²) >= 11 is 0. The molecule has 3 nitrogen and oxygen atoms in total. The number of benzene rings is 5. The number of hydrogen-bond donors (Lipinski definition) is 0. The van der Waals surface area contributed by atoms with Gasteiger partial charge in [0.1, 0.15) is 5.82 Å². The van der Waals surface area contributed by atoms with Crippen LogP contribution in [0, 0.1) is 41.5 Å². The van der Waals surface area contributed by atoms with Gasteiger partial charge in [0.15, 0.2) is 5.82 Å². The molecule has 0 unspecified atom stereocenters. The van der Waals surface area contributed by atoms with Gasteiger partial charge in [-0.25, -0.2) is 9.97 Å². The largest absolute Gasteiger partial charge is 0.292 e. The molecule has 1 aliphatic heterocycles. The Kier molecular flexibility index (Phi) is 5.52. The molecule has 8 rings (SSSR count). The molecular formula is C40H33N3. The molecule has 43 heavy (non-hydrogen) atoms. The first-order valence-electron chi connectivity index (χ1n) is 15.0. The molecule has 0 bridgehead atoms. The van der Waals surface area contributed by atoms with Crippen molar-refractivity contribution in [2.45, 2.75) is 41.5 Å². The van der Waals surface area contributed by atoms with E-state index in [9.17, 15) is 0 Å². The highest BCUT2D eigenvalue weighted by Crippen LogP contribution is 2.49. The number of rotatable bonds is 2. The van der Waals surface area contributed by atoms with Gasteiger partial charge < -0.3 is 0 Å². The van der Waals surface area contributed by atoms with Gasteiger partial charge in [0, 0.05) is 27.5 Å². The van der Waals surface area contributed by atoms with Crippen molar-refractivity contribution in [2.24, 2.45) is 0 Å². The van der Waals surface area contributed by atoms with Gasteiger partial charge in [-0.2, -0.15) is 0 Å². The molecule has 7 aromatic rings. The SMILES string of the molecule is Cc1cc(C)c(-c2nc(-c3c(C)cc(C)cc3C)c3c(n2)-n2c4ccccc4c4cccc(c42)-c2ccccc2-3)c(C)c1. The summed E-state index contributed by atoms with van der Waals surface area (Å²) in [6, 6.07) is 33.2. The number of para-hydroxylation sites is 2. The third-order valence-electron chi connectivity index (χ3n) is 9.10. The van der Waals surface area contributed by atoms with Crippen molar-refractivity contribution in [3.63, 3.8) is 0 Å². The third-order valence-corrected chi connectivity index (χ3v) is 9.10. The molecule has 0 amide bonds. The fourth-order valence-electron chi connectivity index (χ4n) is 7.63. The zero-order valence-electron chi connectivity index (χ0n) is 25.5. The Hall–Kier alpha value is -5.02. The van der Waals surface area contributed by atoms with Crippen LogP contribution in [0.4, 0.5) is 0 Å². The van der Waals surface area contributed by atoms with E-state index in [1.807, 2.05) is 0 Å². The first kappa shape index (κ1) is 25.7. The summed E-state index contributed by atoms with van der Waals surface area (Å²) in [5, 5.41) is 2.47. The summed E-state index contributed by atoms with van der Waals surface area (Å²) in [5.74, 6) is 1.70. The van der Waals surface area contributed by atoms with Crippen LogP contribution in [0.25, 0.3) is 72.5 Å². The number of aryl methyl sites for hydroxylation is 6. The lowest BCUT2D eigenvalue weighted by molar-refractivity contribution is 1.05. The van der Waals surface area contributed by atoms with E-state index in [1.54, 1.807) is 0 Å². The van der Waals surface area contributed by atoms with Crippen LogP contribution in [0.15, 0.2) is 91.0 Å². The monoisotopic (exact) mass is 555 g/mol. The van der Waals surface area contributed by atoms with Crippen molar-refractivity contribution < 1.29 is 0 Å². The summed E-state index contributed by atoms with van der Waals surface area (Å²) in [6.07, 6.45) is 0. The van der Waals surface area contributed by atoms with Gasteiger partial charge in [0.05, 0.1) is 22.3 Å². The Morgan fingerprint density at radius 1 is 0.488 bits per heavy atom. The van der Waals surface area contributed by atoms with Gasteiger partial charge >= 0.3 is 0 Å². The van der Waals surface area contributed by atoms with Gasteiger partial charge in [-0.3, -0.25) is 4.57 Å². The Morgan fingerprint density at radius 2 is 1.05 bits per heavy atom. The van der Waals surface area contributed by atoms with E-state index >= 15 is 0 Å². The van der Waals surface area contributed by atoms with Gasteiger partial charge in [-0.1, -0.05) is 96.1 Å². The fourth-order valence-corrected chi connectivity index (χ4v) is 7.63. The molecule has 0 atom stereocenters. The second-order valence-electron chi connectivity index (χ2n) is 12.2. The molecule has 0 N–H and O–H groups in total. The molecule has 5 aromatic carbocycles. The summed E-state index contributed by atoms with van der Waals surface area (Å²) < 4.78 is 2.40. The van der Waals surface area contributed by atoms with Crippen LogP contribution in [-0.2, 0) is 0 Å². The Bertz CT molecular complexity index is 2250. The molecule has 0 fully saturated rings. The van der Waals surface area contributed by atoms with Crippen molar-refractivity contribution in [3.8, 4) is 50.7 Å². The smallest absolute Gasteiger partial charge is 0.162 e. The molecule has 0 saturated carbocycles. The highest BCUT2D eigenvalue weighted by molar-refractivity contribution is 6.16. The van der Waals surface area contributed by atoms with Gasteiger partial charge in [-0.05, 0) is 81.0 Å². The van der Waals surface area contributed by atoms with E-state index in [2.05, 4.69) is 137 Å². The van der Waals surface area contributed by atoms with Crippen LogP contribution in [0.2, 0.25) is 0 Å². The van der Waals surface area contributed by atoms with E-state index in [-0.39, 0.29) is 0 Å². The molecule has 3 heteroatoms. The third kappa shape index (κ3) is 3.67. The van der Waals surface area contributed by atoms with E-state index in [0.717, 1.165) is 39.5 Å². The van der Waals surface area contributed by atoms with Crippen LogP contribution in [0.5, 0.6) is 0 Å². The van der Waals surface area contributed by atoms with Crippen molar-refractivity contribution >= 4 is 21.8 Å². The lowest BCUT2D eigenvalue weighted by Gasteiger charge is -2.21. The molecule has 0 aliphatic carbocycles. The second-order valence-corrected chi connectivity index (χ2v) is 12.2. The molecule has 1 aliphatic rings. The molecule has 2 aromatic heterocycles. The van der Waals surface area contributed by atoms with Crippen LogP contribution in [0.3, 0.4) is 0 Å². The molecule has 3 heterocycles. The van der Waals surface area contributed by atoms with Gasteiger partial charge in [-0.15, -0.1) is 0 Å². The number of nitrogens with zero attached hydrogens (tertiary/aromatic N) is 3. The highest BCUT2D eigenvalue weighted by atomic mass is 15.1. The normalized spacial score (nSPS) is 12.0. The molecule has 0 spiro atoms. The standard InChI is InChI=1S/C40H33N3/c1-22-18-24(3)34(25(4)19-22)37-36-30-14-8-7-12-28(30)31-15-11-16-32-29-13-9-10-17-33(29)43(38(31)32)40(36)42-39(41-37)35-26(5)20-23(2)21-27(35)6/h7-21H,1-6H3. The van der Waals surface area contributed by atoms with Crippen LogP contribution >= 0.6 is 0 Å². The quantitative estimate of drug-likeness (QED) is 0.212. The number of fused-ring (bicyclic) bond motifs is 8. The van der Waals surface area contributed by atoms with E-state index < -0.39 is 0 Å². The Morgan fingerprint density at radius 3 is 1.74 bits per heavy atom. The first-order chi connectivity index (χ1) is 20.8. The average Bonchev–Trinajstić information content (AvgIpc) is 3.24. The molecule has 208 valence electrons. The summed E-state index contributed by atoms with van der Waals surface area (Å²) in [7, 11) is 0. The highest BCUT2D eigenvalue weighted by Gasteiger charge is 2.30. The molecule has 0 radical (unpaired) electrons. The van der Waals surface area contributed by atoms with Crippen molar-refractivity contribution in [2.75, 3.05) is 0 Å². The maximum atomic E-state index is 5.55. The van der Waals surface area contributed by atoms with Gasteiger partial charge in [0.2, 0.25) is 0 Å². The lowest BCUT2D eigenvalue weighted by atomic mass is 9.89. The summed E-state index contributed by atoms with van der Waals surface area (Å²) in [5.41, 5.74) is 17.6. The molecule has 0 saturated heterocycles. The minimum atomic E-state index is 0.769. The Balaban J connectivity index is 1.65. The van der Waals surface area contributed by atoms with E-state index in [4.69, 9.17) is 9.97 Å². The molecular weight excluding hydrogens is 522 g/mol. The van der Waals surface area contributed by atoms with Crippen LogP contribution < -0.4 is 0 Å². The van der Waals surface area contributed by atoms with Crippen LogP contribution in [-0.4, -0.2) is 14.5 Å². The van der Waals surface area contributed by atoms with Crippen molar-refractivity contribution in [1.82, 2.24) is 14.5 Å². The zero-order chi connectivity index (χ0) is 29.6. The fraction of sp³-hybridized carbons (Fsp3) is 0.150. The predicted molar refractivity (Wildman–Crippen MR) is 180 cm³/mol. The lowest BCUT2D eigenvalue weighted by Crippen LogP contribution is -2.08. The summed E-state index contributed by atoms with van der Waals surface area (Å²) in [4.78, 5) is 11.1. The Labute approximate surface area is 252 Å². The van der Waals surface area contributed by atoms with Crippen molar-refractivity contribution in [1.29, 1.82) is 0 Å². The topological polar surface area (TPSA) is 30.7 Å². The first-order valence-corrected chi connectivity index (χ1v) is 15.0. The van der Waals surface area contributed by atoms with Crippen LogP contribution in [0.1, 0.15) is 33.4 Å². The average molecular weight is 556 g/mol. The minimum Gasteiger partial charge on any atom is -0.292 e. The summed E-state index contributed by atoms with van der Waals surface area (Å²) in [6.45, 7) is 13.1. The predicted octanol–water partition coefficient (Wildman–Crippen LogP) is 10.4. The second kappa shape index (κ2) is 9.24. The maximum Gasteiger partial charge on any atom is 0.162 e. The van der Waals surface area contributed by atoms with Crippen molar-refractivity contribution in [3.05, 3.63) is 124 Å².